The van der Waals surface area contributed by atoms with E-state index in [0.29, 0.717) is 47.7 Å². The number of hydrogen-bond acceptors (Lipinski definition) is 6. The maximum absolute atomic E-state index is 12.8. The van der Waals surface area contributed by atoms with E-state index in [1.54, 1.807) is 36.9 Å². The number of halogens is 3. The monoisotopic (exact) mass is 568 g/mol. The average Bonchev–Trinajstić information content (AvgIpc) is 2.86. The van der Waals surface area contributed by atoms with Crippen LogP contribution in [0.4, 0.5) is 0 Å². The Morgan fingerprint density at radius 2 is 1.76 bits per heavy atom. The number of benzene rings is 2. The highest BCUT2D eigenvalue weighted by molar-refractivity contribution is 6.36. The van der Waals surface area contributed by atoms with Crippen molar-refractivity contribution in [2.24, 2.45) is 11.0 Å². The lowest BCUT2D eigenvalue weighted by atomic mass is 10.0. The molecule has 1 saturated heterocycles. The van der Waals surface area contributed by atoms with Gasteiger partial charge in [0.1, 0.15) is 11.8 Å². The van der Waals surface area contributed by atoms with Crippen molar-refractivity contribution in [1.82, 2.24) is 15.6 Å². The summed E-state index contributed by atoms with van der Waals surface area (Å²) in [6.07, 6.45) is 1.35. The van der Waals surface area contributed by atoms with Crippen LogP contribution in [0.2, 0.25) is 15.1 Å². The second-order valence-corrected chi connectivity index (χ2v) is 9.80. The van der Waals surface area contributed by atoms with Gasteiger partial charge in [0.25, 0.3) is 17.7 Å². The smallest absolute Gasteiger partial charge is 0.262 e. The van der Waals surface area contributed by atoms with Gasteiger partial charge in [-0.1, -0.05) is 48.7 Å². The van der Waals surface area contributed by atoms with E-state index in [4.69, 9.17) is 44.3 Å². The first-order chi connectivity index (χ1) is 17.7. The van der Waals surface area contributed by atoms with Crippen molar-refractivity contribution in [3.05, 3.63) is 62.6 Å². The van der Waals surface area contributed by atoms with Crippen molar-refractivity contribution in [2.75, 3.05) is 32.9 Å². The first-order valence-electron chi connectivity index (χ1n) is 11.5. The molecule has 37 heavy (non-hydrogen) atoms. The summed E-state index contributed by atoms with van der Waals surface area (Å²) in [6, 6.07) is 8.41. The van der Waals surface area contributed by atoms with E-state index in [1.165, 1.54) is 24.4 Å². The highest BCUT2D eigenvalue weighted by atomic mass is 35.5. The summed E-state index contributed by atoms with van der Waals surface area (Å²) in [6.45, 7) is 5.42. The van der Waals surface area contributed by atoms with E-state index in [2.05, 4.69) is 15.8 Å². The first-order valence-corrected chi connectivity index (χ1v) is 12.7. The summed E-state index contributed by atoms with van der Waals surface area (Å²) in [5.41, 5.74) is 3.08. The molecule has 0 bridgehead atoms. The van der Waals surface area contributed by atoms with Crippen LogP contribution in [0.15, 0.2) is 41.5 Å². The molecular weight excluding hydrogens is 543 g/mol. The summed E-state index contributed by atoms with van der Waals surface area (Å²) in [5.74, 6) is -1.09. The molecule has 198 valence electrons. The van der Waals surface area contributed by atoms with Gasteiger partial charge in [-0.05, 0) is 42.3 Å². The van der Waals surface area contributed by atoms with Crippen LogP contribution in [0.5, 0.6) is 5.75 Å². The third-order valence-corrected chi connectivity index (χ3v) is 6.26. The number of rotatable bonds is 9. The Balaban J connectivity index is 1.63. The summed E-state index contributed by atoms with van der Waals surface area (Å²) >= 11 is 18.1. The molecule has 12 heteroatoms. The van der Waals surface area contributed by atoms with E-state index in [1.807, 2.05) is 0 Å². The summed E-state index contributed by atoms with van der Waals surface area (Å²) < 4.78 is 11.0. The molecule has 0 saturated carbocycles. The van der Waals surface area contributed by atoms with Crippen LogP contribution in [-0.2, 0) is 14.3 Å². The molecule has 0 radical (unpaired) electrons. The fraction of sp³-hybridized carbons (Fsp3) is 0.360. The number of carbonyl (C=O) groups is 3. The molecule has 1 aliphatic heterocycles. The normalized spacial score (nSPS) is 14.5. The van der Waals surface area contributed by atoms with Crippen molar-refractivity contribution >= 4 is 58.7 Å². The predicted molar refractivity (Wildman–Crippen MR) is 143 cm³/mol. The van der Waals surface area contributed by atoms with Crippen LogP contribution in [0, 0.1) is 5.92 Å². The molecular formula is C25H27Cl3N4O5. The molecule has 0 aliphatic carbocycles. The maximum atomic E-state index is 12.8. The second kappa shape index (κ2) is 13.6. The van der Waals surface area contributed by atoms with E-state index >= 15 is 0 Å². The average molecular weight is 570 g/mol. The van der Waals surface area contributed by atoms with Crippen molar-refractivity contribution in [3.63, 3.8) is 0 Å². The van der Waals surface area contributed by atoms with E-state index in [9.17, 15) is 14.4 Å². The number of ether oxygens (including phenoxy) is 2. The largest absolute Gasteiger partial charge is 0.483 e. The Bertz CT molecular complexity index is 1170. The number of hydrogen-bond donors (Lipinski definition) is 2. The summed E-state index contributed by atoms with van der Waals surface area (Å²) in [7, 11) is 0. The molecule has 3 amide bonds. The molecule has 2 aromatic carbocycles. The molecule has 1 atom stereocenters. The van der Waals surface area contributed by atoms with Crippen LogP contribution in [0.3, 0.4) is 0 Å². The topological polar surface area (TPSA) is 109 Å². The quantitative estimate of drug-likeness (QED) is 0.353. The van der Waals surface area contributed by atoms with Crippen molar-refractivity contribution in [2.45, 2.75) is 19.9 Å². The molecule has 0 aromatic heterocycles. The molecule has 2 N–H and O–H groups in total. The lowest BCUT2D eigenvalue weighted by Gasteiger charge is -2.26. The minimum Gasteiger partial charge on any atom is -0.483 e. The van der Waals surface area contributed by atoms with Crippen molar-refractivity contribution < 1.29 is 23.9 Å². The van der Waals surface area contributed by atoms with Gasteiger partial charge in [0, 0.05) is 28.7 Å². The van der Waals surface area contributed by atoms with Gasteiger partial charge in [-0.3, -0.25) is 14.4 Å². The van der Waals surface area contributed by atoms with E-state index in [0.717, 1.165) is 0 Å². The third kappa shape index (κ3) is 8.33. The molecule has 0 spiro atoms. The van der Waals surface area contributed by atoms with Gasteiger partial charge in [-0.2, -0.15) is 5.10 Å². The van der Waals surface area contributed by atoms with Crippen LogP contribution < -0.4 is 15.5 Å². The molecule has 1 unspecified atom stereocenters. The lowest BCUT2D eigenvalue weighted by molar-refractivity contribution is -0.137. The van der Waals surface area contributed by atoms with Crippen LogP contribution in [0.25, 0.3) is 0 Å². The Morgan fingerprint density at radius 1 is 1.08 bits per heavy atom. The minimum absolute atomic E-state index is 0.161. The molecule has 2 aromatic rings. The van der Waals surface area contributed by atoms with Gasteiger partial charge in [-0.25, -0.2) is 5.43 Å². The number of nitrogens with one attached hydrogen (secondary N) is 2. The summed E-state index contributed by atoms with van der Waals surface area (Å²) in [4.78, 5) is 39.6. The Labute approximate surface area is 230 Å². The molecule has 3 rings (SSSR count). The maximum Gasteiger partial charge on any atom is 0.262 e. The van der Waals surface area contributed by atoms with E-state index < -0.39 is 17.9 Å². The van der Waals surface area contributed by atoms with Crippen molar-refractivity contribution in [3.8, 4) is 5.75 Å². The standard InChI is InChI=1S/C25H27Cl3N4O5/c1-15(2)23(30-24(34)19-5-3-18(27)12-20(19)28)25(35)31-29-13-16-11-17(26)4-6-21(16)37-14-22(33)32-7-9-36-10-8-32/h3-6,11-13,15,23H,7-10,14H2,1-2H3,(H,30,34)(H,31,35)/b29-13+. The predicted octanol–water partition coefficient (Wildman–Crippen LogP) is 3.79. The number of carbonyl (C=O) groups excluding carboxylic acids is 3. The molecule has 1 aliphatic rings. The highest BCUT2D eigenvalue weighted by Crippen LogP contribution is 2.22. The fourth-order valence-corrected chi connectivity index (χ4v) is 4.13. The van der Waals surface area contributed by atoms with Crippen molar-refractivity contribution in [1.29, 1.82) is 0 Å². The second-order valence-electron chi connectivity index (χ2n) is 8.52. The van der Waals surface area contributed by atoms with Crippen LogP contribution >= 0.6 is 34.8 Å². The molecule has 1 fully saturated rings. The van der Waals surface area contributed by atoms with Gasteiger partial charge < -0.3 is 19.7 Å². The Morgan fingerprint density at radius 3 is 2.43 bits per heavy atom. The zero-order valence-corrected chi connectivity index (χ0v) is 22.6. The minimum atomic E-state index is -0.891. The first kappa shape index (κ1) is 28.7. The zero-order chi connectivity index (χ0) is 26.9. The Hall–Kier alpha value is -2.85. The lowest BCUT2D eigenvalue weighted by Crippen LogP contribution is -2.48. The van der Waals surface area contributed by atoms with Crippen LogP contribution in [-0.4, -0.2) is 67.8 Å². The molecule has 1 heterocycles. The van der Waals surface area contributed by atoms with Gasteiger partial charge in [0.05, 0.1) is 30.0 Å². The third-order valence-electron chi connectivity index (χ3n) is 5.48. The number of morpholine rings is 1. The summed E-state index contributed by atoms with van der Waals surface area (Å²) in [5, 5.41) is 7.67. The number of hydrazone groups is 1. The van der Waals surface area contributed by atoms with E-state index in [-0.39, 0.29) is 29.0 Å². The zero-order valence-electron chi connectivity index (χ0n) is 20.3. The SMILES string of the molecule is CC(C)C(NC(=O)c1ccc(Cl)cc1Cl)C(=O)N/N=C/c1cc(Cl)ccc1OCC(=O)N1CCOCC1. The fourth-order valence-electron chi connectivity index (χ4n) is 3.46. The van der Waals surface area contributed by atoms with Gasteiger partial charge >= 0.3 is 0 Å². The number of nitrogens with zero attached hydrogens (tertiary/aromatic N) is 2. The Kier molecular flexibility index (Phi) is 10.6. The van der Waals surface area contributed by atoms with Gasteiger partial charge in [0.15, 0.2) is 6.61 Å². The van der Waals surface area contributed by atoms with Gasteiger partial charge in [0.2, 0.25) is 0 Å². The number of amides is 3. The van der Waals surface area contributed by atoms with Gasteiger partial charge in [-0.15, -0.1) is 0 Å². The highest BCUT2D eigenvalue weighted by Gasteiger charge is 2.25. The van der Waals surface area contributed by atoms with Crippen LogP contribution in [0.1, 0.15) is 29.8 Å². The molecule has 9 nitrogen and oxygen atoms in total.